The zero-order valence-corrected chi connectivity index (χ0v) is 40.9. The van der Waals surface area contributed by atoms with E-state index in [2.05, 4.69) is 198 Å². The standard InChI is InChI=1S/2C24H21.C6H12BN2O2.2ClH.Zr/c2*1-16-12-13-22(18(3)17(16)2)23-11-7-10-20-14-21(15-24(20)23)19-8-5-4-6-9-19;1-3-5(10)8-7-9-6(11)4-2;;;/h2*4-15H,1-3H3;3-4H2,1-2H3,(H,8,10)(H,9,11);2*1H;/q2*-1;;;;+4/p-2. The molecule has 0 unspecified atom stereocenters. The first kappa shape index (κ1) is 48.0. The first-order chi connectivity index (χ1) is 29.9. The number of aryl methyl sites for hydroxylation is 2. The van der Waals surface area contributed by atoms with Gasteiger partial charge in [-0.25, -0.2) is 0 Å². The van der Waals surface area contributed by atoms with Gasteiger partial charge in [-0.05, 0) is 86.1 Å². The van der Waals surface area contributed by atoms with Crippen LogP contribution in [0.25, 0.3) is 66.1 Å². The quantitative estimate of drug-likeness (QED) is 0.118. The second-order valence-electron chi connectivity index (χ2n) is 15.3. The summed E-state index contributed by atoms with van der Waals surface area (Å²) in [6.07, 6.45) is 0.830. The molecule has 0 aliphatic carbocycles. The van der Waals surface area contributed by atoms with Gasteiger partial charge in [0.1, 0.15) is 0 Å². The van der Waals surface area contributed by atoms with E-state index in [1.807, 2.05) is 0 Å². The monoisotopic (exact) mass is 933 g/mol. The van der Waals surface area contributed by atoms with Gasteiger partial charge in [-0.2, -0.15) is 0 Å². The van der Waals surface area contributed by atoms with Gasteiger partial charge < -0.3 is 10.5 Å². The molecular formula is C54H54BCl2N2O2Zr. The van der Waals surface area contributed by atoms with Crippen LogP contribution in [0.1, 0.15) is 60.1 Å². The Balaban J connectivity index is 0.000000182. The van der Waals surface area contributed by atoms with Gasteiger partial charge in [0.2, 0.25) is 11.8 Å². The molecular weight excluding hydrogens is 882 g/mol. The summed E-state index contributed by atoms with van der Waals surface area (Å²) in [7, 11) is 11.1. The van der Waals surface area contributed by atoms with Crippen molar-refractivity contribution in [2.24, 2.45) is 0 Å². The first-order valence-corrected chi connectivity index (χ1v) is 27.3. The van der Waals surface area contributed by atoms with Crippen molar-refractivity contribution >= 4 is 57.9 Å². The molecule has 0 saturated carbocycles. The molecule has 62 heavy (non-hydrogen) atoms. The van der Waals surface area contributed by atoms with Crippen LogP contribution in [0.3, 0.4) is 0 Å². The van der Waals surface area contributed by atoms with E-state index < -0.39 is 20.8 Å². The molecule has 313 valence electrons. The second kappa shape index (κ2) is 23.5. The van der Waals surface area contributed by atoms with Crippen LogP contribution in [-0.2, 0) is 30.4 Å². The fraction of sp³-hybridized carbons (Fsp3) is 0.185. The molecule has 0 heterocycles. The van der Waals surface area contributed by atoms with Crippen molar-refractivity contribution in [3.8, 4) is 44.5 Å². The van der Waals surface area contributed by atoms with Crippen molar-refractivity contribution in [1.29, 1.82) is 0 Å². The Labute approximate surface area is 387 Å². The molecule has 0 spiro atoms. The number of halogens is 2. The third kappa shape index (κ3) is 12.1. The van der Waals surface area contributed by atoms with Crippen LogP contribution in [0, 0.1) is 41.5 Å². The minimum absolute atomic E-state index is 0.110. The van der Waals surface area contributed by atoms with Crippen molar-refractivity contribution in [1.82, 2.24) is 10.5 Å². The summed E-state index contributed by atoms with van der Waals surface area (Å²) in [5, 5.41) is 10.1. The Kier molecular flexibility index (Phi) is 18.2. The molecule has 0 aliphatic rings. The van der Waals surface area contributed by atoms with E-state index in [-0.39, 0.29) is 11.8 Å². The van der Waals surface area contributed by atoms with Gasteiger partial charge in [0.05, 0.1) is 0 Å². The topological polar surface area (TPSA) is 58.2 Å². The summed E-state index contributed by atoms with van der Waals surface area (Å²) in [5.41, 5.74) is 18.7. The molecule has 2 N–H and O–H groups in total. The molecule has 0 aromatic heterocycles. The first-order valence-electron chi connectivity index (χ1n) is 20.9. The van der Waals surface area contributed by atoms with E-state index in [0.29, 0.717) is 12.8 Å². The Morgan fingerprint density at radius 3 is 1.23 bits per heavy atom. The molecule has 0 saturated heterocycles. The zero-order chi connectivity index (χ0) is 44.8. The number of amides is 2. The molecule has 1 radical (unpaired) electrons. The van der Waals surface area contributed by atoms with Crippen LogP contribution < -0.4 is 10.5 Å². The van der Waals surface area contributed by atoms with Crippen molar-refractivity contribution in [3.63, 3.8) is 0 Å². The van der Waals surface area contributed by atoms with E-state index in [1.54, 1.807) is 13.8 Å². The Morgan fingerprint density at radius 2 is 0.871 bits per heavy atom. The van der Waals surface area contributed by atoms with E-state index >= 15 is 0 Å². The maximum atomic E-state index is 10.6. The summed E-state index contributed by atoms with van der Waals surface area (Å²) < 4.78 is 0. The fourth-order valence-corrected chi connectivity index (χ4v) is 7.43. The summed E-state index contributed by atoms with van der Waals surface area (Å²) in [6, 6.07) is 52.7. The number of carbonyl (C=O) groups is 2. The molecule has 0 atom stereocenters. The Bertz CT molecular complexity index is 2550. The van der Waals surface area contributed by atoms with Crippen molar-refractivity contribution < 1.29 is 30.4 Å². The van der Waals surface area contributed by atoms with E-state index in [9.17, 15) is 9.59 Å². The van der Waals surface area contributed by atoms with Crippen LogP contribution in [0.2, 0.25) is 0 Å². The van der Waals surface area contributed by atoms with E-state index in [1.165, 1.54) is 107 Å². The number of fused-ring (bicyclic) bond motifs is 2. The summed E-state index contributed by atoms with van der Waals surface area (Å²) in [6.45, 7) is 16.7. The van der Waals surface area contributed by atoms with Crippen LogP contribution >= 0.6 is 17.0 Å². The molecule has 0 bridgehead atoms. The number of hydrogen-bond acceptors (Lipinski definition) is 2. The molecule has 0 fully saturated rings. The summed E-state index contributed by atoms with van der Waals surface area (Å²) in [5.74, 6) is -0.220. The average molecular weight is 936 g/mol. The average Bonchev–Trinajstić information content (AvgIpc) is 3.95. The Morgan fingerprint density at radius 1 is 0.500 bits per heavy atom. The Hall–Kier alpha value is -4.99. The van der Waals surface area contributed by atoms with Gasteiger partial charge in [0.15, 0.2) is 0 Å². The van der Waals surface area contributed by atoms with Gasteiger partial charge in [-0.1, -0.05) is 145 Å². The van der Waals surface area contributed by atoms with E-state index in [4.69, 9.17) is 17.0 Å². The normalized spacial score (nSPS) is 10.3. The third-order valence-electron chi connectivity index (χ3n) is 11.5. The van der Waals surface area contributed by atoms with Gasteiger partial charge in [-0.15, -0.1) is 69.1 Å². The van der Waals surface area contributed by atoms with Crippen molar-refractivity contribution in [3.05, 3.63) is 179 Å². The van der Waals surface area contributed by atoms with Gasteiger partial charge in [0, 0.05) is 12.8 Å². The van der Waals surface area contributed by atoms with Crippen LogP contribution in [-0.4, -0.2) is 19.4 Å². The fourth-order valence-electron chi connectivity index (χ4n) is 7.43. The number of benzene rings is 6. The van der Waals surface area contributed by atoms with Crippen LogP contribution in [0.15, 0.2) is 146 Å². The molecule has 8 rings (SSSR count). The number of rotatable bonds is 8. The SMILES string of the molecule is CCC(=O)N[B]NC(=O)CC.Cc1ccc(-c2cccc3[cH-]c(-c4ccccc4)cc23)c(C)c1C.Cc1ccc(-c2cccc3[cH-]c(-c4ccccc4)cc23)c(C)c1C.[Cl][Zr+2][Cl]. The predicted octanol–water partition coefficient (Wildman–Crippen LogP) is 14.6. The van der Waals surface area contributed by atoms with Crippen molar-refractivity contribution in [2.45, 2.75) is 68.2 Å². The molecule has 8 heteroatoms. The zero-order valence-electron chi connectivity index (χ0n) is 36.9. The summed E-state index contributed by atoms with van der Waals surface area (Å²) >= 11 is -0.826. The number of carbonyl (C=O) groups excluding carboxylic acids is 2. The third-order valence-corrected chi connectivity index (χ3v) is 11.5. The van der Waals surface area contributed by atoms with Crippen LogP contribution in [0.5, 0.6) is 0 Å². The summed E-state index contributed by atoms with van der Waals surface area (Å²) in [4.78, 5) is 21.2. The molecule has 2 amide bonds. The maximum absolute atomic E-state index is 10.6. The van der Waals surface area contributed by atoms with Crippen LogP contribution in [0.4, 0.5) is 0 Å². The predicted molar refractivity (Wildman–Crippen MR) is 264 cm³/mol. The number of hydrogen-bond donors (Lipinski definition) is 2. The molecule has 8 aromatic carbocycles. The van der Waals surface area contributed by atoms with E-state index in [0.717, 1.165) is 0 Å². The van der Waals surface area contributed by atoms with Gasteiger partial charge >= 0.3 is 45.4 Å². The number of nitrogens with one attached hydrogen (secondary N) is 2. The molecule has 4 nitrogen and oxygen atoms in total. The van der Waals surface area contributed by atoms with Gasteiger partial charge in [-0.3, -0.25) is 9.59 Å². The van der Waals surface area contributed by atoms with Crippen molar-refractivity contribution in [2.75, 3.05) is 0 Å². The molecule has 0 aliphatic heterocycles. The molecule has 8 aromatic rings. The van der Waals surface area contributed by atoms with Gasteiger partial charge in [0.25, 0.3) is 0 Å². The second-order valence-corrected chi connectivity index (χ2v) is 19.0. The minimum atomic E-state index is -0.826.